The first-order valence-corrected chi connectivity index (χ1v) is 9.00. The highest BCUT2D eigenvalue weighted by Crippen LogP contribution is 2.40. The first kappa shape index (κ1) is 20.5. The van der Waals surface area contributed by atoms with Gasteiger partial charge in [-0.15, -0.1) is 0 Å². The number of esters is 1. The van der Waals surface area contributed by atoms with Crippen molar-refractivity contribution in [3.8, 4) is 11.5 Å². The Bertz CT molecular complexity index is 937. The first-order chi connectivity index (χ1) is 13.8. The maximum atomic E-state index is 14.0. The zero-order valence-electron chi connectivity index (χ0n) is 15.8. The van der Waals surface area contributed by atoms with Crippen LogP contribution in [0.1, 0.15) is 41.7 Å². The van der Waals surface area contributed by atoms with Crippen molar-refractivity contribution in [1.29, 1.82) is 0 Å². The number of benzene rings is 1. The molecule has 0 radical (unpaired) electrons. The number of methoxy groups -OCH3 is 1. The van der Waals surface area contributed by atoms with Crippen LogP contribution in [-0.4, -0.2) is 41.2 Å². The average Bonchev–Trinajstić information content (AvgIpc) is 2.67. The first-order valence-electron chi connectivity index (χ1n) is 9.00. The van der Waals surface area contributed by atoms with Gasteiger partial charge in [-0.1, -0.05) is 6.07 Å². The standard InChI is InChI=1S/C20H20F2N2O5/c1-10(24-19(26)17-18(25)16(28-2)7-8-23-17)20(27)29-15-6-5-13(15)12-4-3-11(21)9-14(12)22/h3-4,7-10,13,15,25H,5-6H2,1-2H3,(H,24,26)/t10-,13?,15?/m0/s1. The summed E-state index contributed by atoms with van der Waals surface area (Å²) in [5.41, 5.74) is -0.00320. The van der Waals surface area contributed by atoms with E-state index < -0.39 is 41.4 Å². The van der Waals surface area contributed by atoms with Crippen molar-refractivity contribution in [2.75, 3.05) is 7.11 Å². The van der Waals surface area contributed by atoms with Gasteiger partial charge >= 0.3 is 5.97 Å². The topological polar surface area (TPSA) is 97.8 Å². The minimum Gasteiger partial charge on any atom is -0.503 e. The molecule has 1 saturated carbocycles. The van der Waals surface area contributed by atoms with E-state index in [2.05, 4.69) is 10.3 Å². The Labute approximate surface area is 165 Å². The van der Waals surface area contributed by atoms with E-state index >= 15 is 0 Å². The number of pyridine rings is 1. The van der Waals surface area contributed by atoms with Crippen LogP contribution in [0.15, 0.2) is 30.5 Å². The van der Waals surface area contributed by atoms with Crippen molar-refractivity contribution < 1.29 is 33.0 Å². The number of ether oxygens (including phenoxy) is 2. The number of carbonyl (C=O) groups excluding carboxylic acids is 2. The van der Waals surface area contributed by atoms with Crippen LogP contribution in [-0.2, 0) is 9.53 Å². The molecule has 7 nitrogen and oxygen atoms in total. The fraction of sp³-hybridized carbons (Fsp3) is 0.350. The zero-order valence-corrected chi connectivity index (χ0v) is 15.8. The molecule has 0 aliphatic heterocycles. The highest BCUT2D eigenvalue weighted by atomic mass is 19.1. The molecule has 1 aromatic carbocycles. The number of rotatable bonds is 6. The van der Waals surface area contributed by atoms with Gasteiger partial charge in [-0.2, -0.15) is 0 Å². The summed E-state index contributed by atoms with van der Waals surface area (Å²) >= 11 is 0. The van der Waals surface area contributed by atoms with E-state index in [1.165, 1.54) is 32.4 Å². The molecule has 9 heteroatoms. The van der Waals surface area contributed by atoms with Gasteiger partial charge in [0.15, 0.2) is 17.2 Å². The highest BCUT2D eigenvalue weighted by molar-refractivity contribution is 5.97. The molecule has 0 bridgehead atoms. The predicted octanol–water partition coefficient (Wildman–Crippen LogP) is 2.68. The molecule has 1 amide bonds. The second kappa shape index (κ2) is 8.42. The Kier molecular flexibility index (Phi) is 5.95. The van der Waals surface area contributed by atoms with Gasteiger partial charge in [0.05, 0.1) is 7.11 Å². The van der Waals surface area contributed by atoms with Gasteiger partial charge in [0.2, 0.25) is 0 Å². The summed E-state index contributed by atoms with van der Waals surface area (Å²) in [4.78, 5) is 28.4. The zero-order chi connectivity index (χ0) is 21.1. The quantitative estimate of drug-likeness (QED) is 0.716. The molecule has 29 heavy (non-hydrogen) atoms. The number of halogens is 2. The Balaban J connectivity index is 1.61. The summed E-state index contributed by atoms with van der Waals surface area (Å²) in [6, 6.07) is 3.65. The van der Waals surface area contributed by atoms with Crippen molar-refractivity contribution in [2.45, 2.75) is 37.8 Å². The van der Waals surface area contributed by atoms with Crippen LogP contribution >= 0.6 is 0 Å². The van der Waals surface area contributed by atoms with E-state index in [0.717, 1.165) is 12.1 Å². The van der Waals surface area contributed by atoms with Crippen LogP contribution in [0.4, 0.5) is 8.78 Å². The predicted molar refractivity (Wildman–Crippen MR) is 97.6 cm³/mol. The normalized spacial score (nSPS) is 19.0. The molecule has 0 saturated heterocycles. The molecule has 0 spiro atoms. The summed E-state index contributed by atoms with van der Waals surface area (Å²) in [6.07, 6.45) is 1.85. The molecule has 1 fully saturated rings. The lowest BCUT2D eigenvalue weighted by Crippen LogP contribution is -2.44. The molecule has 1 aromatic heterocycles. The van der Waals surface area contributed by atoms with Gasteiger partial charge in [-0.05, 0) is 31.4 Å². The Morgan fingerprint density at radius 2 is 2.03 bits per heavy atom. The van der Waals surface area contributed by atoms with Crippen molar-refractivity contribution in [2.24, 2.45) is 0 Å². The van der Waals surface area contributed by atoms with E-state index in [9.17, 15) is 23.5 Å². The van der Waals surface area contributed by atoms with E-state index in [1.807, 2.05) is 0 Å². The van der Waals surface area contributed by atoms with E-state index in [1.54, 1.807) is 0 Å². The fourth-order valence-electron chi connectivity index (χ4n) is 3.11. The summed E-state index contributed by atoms with van der Waals surface area (Å²) in [5, 5.41) is 12.4. The Hall–Kier alpha value is -3.23. The minimum absolute atomic E-state index is 0.0685. The van der Waals surface area contributed by atoms with Crippen LogP contribution in [0.25, 0.3) is 0 Å². The van der Waals surface area contributed by atoms with E-state index in [4.69, 9.17) is 9.47 Å². The Morgan fingerprint density at radius 1 is 1.28 bits per heavy atom. The number of carbonyl (C=O) groups is 2. The number of amides is 1. The second-order valence-corrected chi connectivity index (χ2v) is 6.73. The average molecular weight is 406 g/mol. The summed E-state index contributed by atoms with van der Waals surface area (Å²) in [5.74, 6) is -3.59. The molecule has 1 heterocycles. The number of nitrogens with zero attached hydrogens (tertiary/aromatic N) is 1. The molecule has 2 aromatic rings. The van der Waals surface area contributed by atoms with Crippen LogP contribution in [0.2, 0.25) is 0 Å². The fourth-order valence-corrected chi connectivity index (χ4v) is 3.11. The third kappa shape index (κ3) is 4.28. The van der Waals surface area contributed by atoms with Gasteiger partial charge in [0, 0.05) is 24.2 Å². The molecule has 3 atom stereocenters. The summed E-state index contributed by atoms with van der Waals surface area (Å²) in [6.45, 7) is 1.42. The van der Waals surface area contributed by atoms with Gasteiger partial charge < -0.3 is 19.9 Å². The third-order valence-corrected chi connectivity index (χ3v) is 4.86. The molecule has 3 rings (SSSR count). The van der Waals surface area contributed by atoms with Crippen LogP contribution in [0, 0.1) is 11.6 Å². The van der Waals surface area contributed by atoms with Crippen molar-refractivity contribution in [3.05, 3.63) is 53.4 Å². The molecule has 1 aliphatic carbocycles. The lowest BCUT2D eigenvalue weighted by molar-refractivity contribution is -0.156. The molecule has 154 valence electrons. The SMILES string of the molecule is COc1ccnc(C(=O)N[C@@H](C)C(=O)OC2CCC2c2ccc(F)cc2F)c1O. The third-order valence-electron chi connectivity index (χ3n) is 4.86. The lowest BCUT2D eigenvalue weighted by Gasteiger charge is -2.37. The van der Waals surface area contributed by atoms with Gasteiger partial charge in [-0.25, -0.2) is 18.6 Å². The van der Waals surface area contributed by atoms with Gasteiger partial charge in [0.1, 0.15) is 23.8 Å². The van der Waals surface area contributed by atoms with Crippen molar-refractivity contribution >= 4 is 11.9 Å². The van der Waals surface area contributed by atoms with Crippen LogP contribution in [0.5, 0.6) is 11.5 Å². The maximum absolute atomic E-state index is 14.0. The molecular weight excluding hydrogens is 386 g/mol. The Morgan fingerprint density at radius 3 is 2.66 bits per heavy atom. The van der Waals surface area contributed by atoms with E-state index in [0.29, 0.717) is 12.8 Å². The van der Waals surface area contributed by atoms with Crippen molar-refractivity contribution in [1.82, 2.24) is 10.3 Å². The summed E-state index contributed by atoms with van der Waals surface area (Å²) < 4.78 is 37.4. The van der Waals surface area contributed by atoms with Crippen LogP contribution in [0.3, 0.4) is 0 Å². The molecule has 2 N–H and O–H groups in total. The second-order valence-electron chi connectivity index (χ2n) is 6.73. The molecule has 1 aliphatic rings. The number of aromatic hydroxyl groups is 1. The maximum Gasteiger partial charge on any atom is 0.328 e. The number of hydrogen-bond acceptors (Lipinski definition) is 6. The minimum atomic E-state index is -1.03. The number of nitrogens with one attached hydrogen (secondary N) is 1. The monoisotopic (exact) mass is 406 g/mol. The van der Waals surface area contributed by atoms with Gasteiger partial charge in [0.25, 0.3) is 5.91 Å². The number of hydrogen-bond donors (Lipinski definition) is 2. The smallest absolute Gasteiger partial charge is 0.328 e. The lowest BCUT2D eigenvalue weighted by atomic mass is 9.76. The molecular formula is C20H20F2N2O5. The van der Waals surface area contributed by atoms with E-state index in [-0.39, 0.29) is 22.9 Å². The number of aromatic nitrogens is 1. The van der Waals surface area contributed by atoms with Gasteiger partial charge in [-0.3, -0.25) is 4.79 Å². The van der Waals surface area contributed by atoms with Crippen molar-refractivity contribution in [3.63, 3.8) is 0 Å². The largest absolute Gasteiger partial charge is 0.503 e. The highest BCUT2D eigenvalue weighted by Gasteiger charge is 2.38. The van der Waals surface area contributed by atoms with Crippen LogP contribution < -0.4 is 10.1 Å². The molecule has 2 unspecified atom stereocenters. The summed E-state index contributed by atoms with van der Waals surface area (Å²) in [7, 11) is 1.33.